The molecule has 1 heterocycles. The van der Waals surface area contributed by atoms with E-state index < -0.39 is 20.0 Å². The standard InChI is InChI=1S/C20H26N2O4S2/c1-15-7-6-8-18(11-15)14-21-28(25,26)20-16(2)12-19(13-17(20)3)22-9-4-5-10-27(22,23)24/h6-8,11-13,21H,4-5,9-10,14H2,1-3H3. The van der Waals surface area contributed by atoms with E-state index in [1.54, 1.807) is 26.0 Å². The molecule has 0 amide bonds. The predicted molar refractivity (Wildman–Crippen MR) is 111 cm³/mol. The largest absolute Gasteiger partial charge is 0.270 e. The van der Waals surface area contributed by atoms with Crippen molar-refractivity contribution in [2.24, 2.45) is 0 Å². The van der Waals surface area contributed by atoms with Gasteiger partial charge in [0.2, 0.25) is 20.0 Å². The maximum Gasteiger partial charge on any atom is 0.241 e. The van der Waals surface area contributed by atoms with Gasteiger partial charge in [0, 0.05) is 13.1 Å². The number of nitrogens with zero attached hydrogens (tertiary/aromatic N) is 1. The van der Waals surface area contributed by atoms with Gasteiger partial charge >= 0.3 is 0 Å². The Labute approximate surface area is 167 Å². The molecule has 8 heteroatoms. The summed E-state index contributed by atoms with van der Waals surface area (Å²) in [7, 11) is -7.07. The van der Waals surface area contributed by atoms with Crippen LogP contribution in [0.15, 0.2) is 41.3 Å². The van der Waals surface area contributed by atoms with Crippen LogP contribution in [0.25, 0.3) is 0 Å². The number of hydrogen-bond donors (Lipinski definition) is 1. The van der Waals surface area contributed by atoms with Crippen molar-refractivity contribution in [1.82, 2.24) is 4.72 Å². The lowest BCUT2D eigenvalue weighted by molar-refractivity contribution is 0.574. The molecule has 0 atom stereocenters. The highest BCUT2D eigenvalue weighted by molar-refractivity contribution is 7.92. The molecule has 6 nitrogen and oxygen atoms in total. The molecule has 1 N–H and O–H groups in total. The van der Waals surface area contributed by atoms with E-state index in [2.05, 4.69) is 4.72 Å². The molecule has 3 rings (SSSR count). The van der Waals surface area contributed by atoms with Crippen LogP contribution in [-0.4, -0.2) is 29.1 Å². The molecule has 1 fully saturated rings. The molecule has 0 saturated carbocycles. The molecule has 2 aromatic carbocycles. The van der Waals surface area contributed by atoms with Gasteiger partial charge in [-0.25, -0.2) is 21.6 Å². The van der Waals surface area contributed by atoms with Crippen LogP contribution >= 0.6 is 0 Å². The minimum Gasteiger partial charge on any atom is -0.270 e. The van der Waals surface area contributed by atoms with E-state index >= 15 is 0 Å². The highest BCUT2D eigenvalue weighted by atomic mass is 32.2. The summed E-state index contributed by atoms with van der Waals surface area (Å²) in [6.45, 7) is 5.99. The van der Waals surface area contributed by atoms with Crippen LogP contribution in [-0.2, 0) is 26.6 Å². The van der Waals surface area contributed by atoms with Crippen molar-refractivity contribution in [3.05, 3.63) is 58.7 Å². The van der Waals surface area contributed by atoms with Gasteiger partial charge in [-0.05, 0) is 62.4 Å². The van der Waals surface area contributed by atoms with E-state index in [1.165, 1.54) is 4.31 Å². The van der Waals surface area contributed by atoms with Gasteiger partial charge in [0.25, 0.3) is 0 Å². The third-order valence-corrected chi connectivity index (χ3v) is 8.48. The molecule has 152 valence electrons. The van der Waals surface area contributed by atoms with E-state index in [0.717, 1.165) is 17.5 Å². The van der Waals surface area contributed by atoms with Crippen molar-refractivity contribution in [3.63, 3.8) is 0 Å². The van der Waals surface area contributed by atoms with Gasteiger partial charge < -0.3 is 0 Å². The molecule has 1 aliphatic heterocycles. The number of anilines is 1. The van der Waals surface area contributed by atoms with Gasteiger partial charge in [-0.15, -0.1) is 0 Å². The summed E-state index contributed by atoms with van der Waals surface area (Å²) in [4.78, 5) is 0.207. The topological polar surface area (TPSA) is 83.6 Å². The minimum atomic E-state index is -3.73. The summed E-state index contributed by atoms with van der Waals surface area (Å²) in [5, 5.41) is 0. The molecule has 1 aliphatic rings. The van der Waals surface area contributed by atoms with E-state index in [4.69, 9.17) is 0 Å². The molecule has 28 heavy (non-hydrogen) atoms. The van der Waals surface area contributed by atoms with Crippen molar-refractivity contribution in [1.29, 1.82) is 0 Å². The second-order valence-corrected chi connectivity index (χ2v) is 11.0. The maximum absolute atomic E-state index is 12.9. The second-order valence-electron chi connectivity index (χ2n) is 7.32. The summed E-state index contributed by atoms with van der Waals surface area (Å²) in [5.41, 5.74) is 3.55. The summed E-state index contributed by atoms with van der Waals surface area (Å²) in [6, 6.07) is 11.0. The SMILES string of the molecule is Cc1cccc(CNS(=O)(=O)c2c(C)cc(N3CCCCS3(=O)=O)cc2C)c1. The zero-order valence-electron chi connectivity index (χ0n) is 16.4. The summed E-state index contributed by atoms with van der Waals surface area (Å²) in [5.74, 6) is 0.128. The molecule has 0 bridgehead atoms. The fourth-order valence-electron chi connectivity index (χ4n) is 3.65. The molecule has 0 unspecified atom stereocenters. The van der Waals surface area contributed by atoms with Gasteiger partial charge in [0.1, 0.15) is 0 Å². The lowest BCUT2D eigenvalue weighted by atomic mass is 10.1. The van der Waals surface area contributed by atoms with E-state index in [0.29, 0.717) is 29.8 Å². The van der Waals surface area contributed by atoms with Crippen LogP contribution in [0, 0.1) is 20.8 Å². The Morgan fingerprint density at radius 1 is 1.04 bits per heavy atom. The van der Waals surface area contributed by atoms with Gasteiger partial charge in [0.05, 0.1) is 16.3 Å². The summed E-state index contributed by atoms with van der Waals surface area (Å²) >= 11 is 0. The first-order valence-corrected chi connectivity index (χ1v) is 12.4. The molecule has 1 saturated heterocycles. The van der Waals surface area contributed by atoms with Crippen molar-refractivity contribution in [3.8, 4) is 0 Å². The zero-order valence-corrected chi connectivity index (χ0v) is 18.0. The Morgan fingerprint density at radius 2 is 1.71 bits per heavy atom. The summed E-state index contributed by atoms with van der Waals surface area (Å²) in [6.07, 6.45) is 1.46. The van der Waals surface area contributed by atoms with Gasteiger partial charge in [0.15, 0.2) is 0 Å². The number of benzene rings is 2. The van der Waals surface area contributed by atoms with Crippen LogP contribution in [0.3, 0.4) is 0 Å². The number of rotatable bonds is 5. The number of aryl methyl sites for hydroxylation is 3. The fourth-order valence-corrected chi connectivity index (χ4v) is 6.74. The molecule has 0 radical (unpaired) electrons. The van der Waals surface area contributed by atoms with Crippen molar-refractivity contribution in [2.75, 3.05) is 16.6 Å². The van der Waals surface area contributed by atoms with Crippen LogP contribution in [0.5, 0.6) is 0 Å². The Balaban J connectivity index is 1.89. The quantitative estimate of drug-likeness (QED) is 0.803. The highest BCUT2D eigenvalue weighted by Crippen LogP contribution is 2.30. The minimum absolute atomic E-state index is 0.128. The first kappa shape index (κ1) is 20.8. The highest BCUT2D eigenvalue weighted by Gasteiger charge is 2.28. The van der Waals surface area contributed by atoms with Crippen LogP contribution in [0.1, 0.15) is 35.1 Å². The second kappa shape index (κ2) is 7.85. The predicted octanol–water partition coefficient (Wildman–Crippen LogP) is 3.02. The molecule has 0 aliphatic carbocycles. The van der Waals surface area contributed by atoms with E-state index in [-0.39, 0.29) is 17.2 Å². The van der Waals surface area contributed by atoms with Crippen molar-refractivity contribution < 1.29 is 16.8 Å². The van der Waals surface area contributed by atoms with Crippen LogP contribution < -0.4 is 9.03 Å². The molecule has 0 aromatic heterocycles. The number of sulfonamides is 2. The lowest BCUT2D eigenvalue weighted by Gasteiger charge is -2.29. The average molecular weight is 423 g/mol. The lowest BCUT2D eigenvalue weighted by Crippen LogP contribution is -2.38. The Morgan fingerprint density at radius 3 is 2.32 bits per heavy atom. The first-order chi connectivity index (χ1) is 13.1. The maximum atomic E-state index is 12.9. The fraction of sp³-hybridized carbons (Fsp3) is 0.400. The molecule has 2 aromatic rings. The van der Waals surface area contributed by atoms with Crippen LogP contribution in [0.4, 0.5) is 5.69 Å². The normalized spacial score (nSPS) is 16.9. The molecular formula is C20H26N2O4S2. The van der Waals surface area contributed by atoms with Crippen molar-refractivity contribution >= 4 is 25.7 Å². The van der Waals surface area contributed by atoms with Crippen LogP contribution in [0.2, 0.25) is 0 Å². The molecule has 0 spiro atoms. The van der Waals surface area contributed by atoms with E-state index in [1.807, 2.05) is 31.2 Å². The van der Waals surface area contributed by atoms with Gasteiger partial charge in [-0.1, -0.05) is 29.8 Å². The Bertz CT molecular complexity index is 1070. The zero-order chi connectivity index (χ0) is 20.5. The third-order valence-electron chi connectivity index (χ3n) is 4.90. The van der Waals surface area contributed by atoms with Crippen molar-refractivity contribution in [2.45, 2.75) is 45.1 Å². The monoisotopic (exact) mass is 422 g/mol. The molecular weight excluding hydrogens is 396 g/mol. The number of hydrogen-bond acceptors (Lipinski definition) is 4. The van der Waals surface area contributed by atoms with Gasteiger partial charge in [-0.3, -0.25) is 4.31 Å². The Hall–Kier alpha value is -1.90. The number of nitrogens with one attached hydrogen (secondary N) is 1. The van der Waals surface area contributed by atoms with E-state index in [9.17, 15) is 16.8 Å². The first-order valence-electron chi connectivity index (χ1n) is 9.27. The average Bonchev–Trinajstić information content (AvgIpc) is 2.59. The summed E-state index contributed by atoms with van der Waals surface area (Å²) < 4.78 is 54.6. The van der Waals surface area contributed by atoms with Gasteiger partial charge in [-0.2, -0.15) is 0 Å². The third kappa shape index (κ3) is 4.39. The Kier molecular flexibility index (Phi) is 5.84. The smallest absolute Gasteiger partial charge is 0.241 e.